The van der Waals surface area contributed by atoms with E-state index in [1.54, 1.807) is 30.3 Å². The fourth-order valence-electron chi connectivity index (χ4n) is 5.92. The van der Waals surface area contributed by atoms with Gasteiger partial charge in [0, 0.05) is 14.1 Å². The lowest BCUT2D eigenvalue weighted by molar-refractivity contribution is -0.148. The van der Waals surface area contributed by atoms with E-state index in [0.29, 0.717) is 35.7 Å². The fraction of sp³-hybridized carbons (Fsp3) is 0.323. The van der Waals surface area contributed by atoms with Crippen LogP contribution in [0.15, 0.2) is 65.6 Å². The molecule has 4 aromatic rings. The number of carboxylic acid groups (broad SMARTS) is 1. The number of anilines is 2. The van der Waals surface area contributed by atoms with Crippen molar-refractivity contribution in [1.29, 1.82) is 0 Å². The number of carboxylic acids is 1. The molecule has 0 unspecified atom stereocenters. The molecule has 1 heterocycles. The van der Waals surface area contributed by atoms with Gasteiger partial charge in [-0.2, -0.15) is 13.2 Å². The molecule has 238 valence electrons. The van der Waals surface area contributed by atoms with E-state index < -0.39 is 62.9 Å². The number of carbonyl (C=O) groups excluding carboxylic acids is 1. The predicted molar refractivity (Wildman–Crippen MR) is 159 cm³/mol. The lowest BCUT2D eigenvalue weighted by Crippen LogP contribution is -2.40. The molecule has 9 nitrogen and oxygen atoms in total. The number of sulfonamides is 1. The summed E-state index contributed by atoms with van der Waals surface area (Å²) in [6, 6.07) is 12.7. The molecule has 1 amide bonds. The highest BCUT2D eigenvalue weighted by molar-refractivity contribution is 7.92. The number of halogens is 4. The number of hydrogen-bond donors (Lipinski definition) is 2. The van der Waals surface area contributed by atoms with Gasteiger partial charge >= 0.3 is 12.1 Å². The number of nitrogens with one attached hydrogen (secondary N) is 1. The van der Waals surface area contributed by atoms with E-state index in [9.17, 15) is 40.7 Å². The smallest absolute Gasteiger partial charge is 0.416 e. The summed E-state index contributed by atoms with van der Waals surface area (Å²) >= 11 is 0. The highest BCUT2D eigenvalue weighted by atomic mass is 32.2. The van der Waals surface area contributed by atoms with E-state index in [1.807, 2.05) is 18.5 Å². The highest BCUT2D eigenvalue weighted by Crippen LogP contribution is 2.43. The van der Waals surface area contributed by atoms with Crippen LogP contribution in [-0.4, -0.2) is 42.0 Å². The number of hydrogen-bond acceptors (Lipinski definition) is 5. The van der Waals surface area contributed by atoms with Crippen LogP contribution in [0.5, 0.6) is 0 Å². The summed E-state index contributed by atoms with van der Waals surface area (Å²) in [5.41, 5.74) is 0.522. The van der Waals surface area contributed by atoms with Crippen LogP contribution < -0.4 is 9.62 Å². The minimum atomic E-state index is -4.77. The summed E-state index contributed by atoms with van der Waals surface area (Å²) in [5, 5.41) is 12.4. The number of nitrogens with zero attached hydrogens (tertiary/aromatic N) is 3. The maximum absolute atomic E-state index is 14.4. The average molecular weight is 647 g/mol. The second kappa shape index (κ2) is 11.8. The molecule has 2 N–H and O–H groups in total. The van der Waals surface area contributed by atoms with E-state index in [2.05, 4.69) is 10.3 Å². The summed E-state index contributed by atoms with van der Waals surface area (Å²) in [6.07, 6.45) is -3.70. The molecule has 1 saturated carbocycles. The Morgan fingerprint density at radius 1 is 1.04 bits per heavy atom. The van der Waals surface area contributed by atoms with Crippen LogP contribution in [0.3, 0.4) is 0 Å². The molecule has 3 aromatic carbocycles. The molecule has 3 atom stereocenters. The number of rotatable bonds is 7. The van der Waals surface area contributed by atoms with Gasteiger partial charge in [-0.3, -0.25) is 13.9 Å². The third-order valence-corrected chi connectivity index (χ3v) is 10.3. The average Bonchev–Trinajstić information content (AvgIpc) is 3.28. The molecule has 0 radical (unpaired) electrons. The highest BCUT2D eigenvalue weighted by Gasteiger charge is 2.43. The molecule has 14 heteroatoms. The molecule has 1 aliphatic carbocycles. The van der Waals surface area contributed by atoms with Crippen molar-refractivity contribution in [3.05, 3.63) is 83.4 Å². The minimum Gasteiger partial charge on any atom is -0.481 e. The van der Waals surface area contributed by atoms with Crippen molar-refractivity contribution < 1.29 is 40.7 Å². The first-order valence-electron chi connectivity index (χ1n) is 14.0. The normalized spacial score (nSPS) is 19.0. The summed E-state index contributed by atoms with van der Waals surface area (Å²) < 4.78 is 83.0. The first-order chi connectivity index (χ1) is 21.1. The van der Waals surface area contributed by atoms with Crippen molar-refractivity contribution >= 4 is 44.3 Å². The maximum Gasteiger partial charge on any atom is 0.416 e. The second-order valence-corrected chi connectivity index (χ2v) is 13.1. The van der Waals surface area contributed by atoms with Gasteiger partial charge in [-0.25, -0.2) is 17.8 Å². The lowest BCUT2D eigenvalue weighted by atomic mass is 9.69. The third-order valence-electron chi connectivity index (χ3n) is 8.49. The Labute approximate surface area is 256 Å². The largest absolute Gasteiger partial charge is 0.481 e. The van der Waals surface area contributed by atoms with Crippen LogP contribution in [0.25, 0.3) is 11.0 Å². The number of fused-ring (bicyclic) bond motifs is 1. The summed E-state index contributed by atoms with van der Waals surface area (Å²) in [5.74, 6) is -5.55. The Morgan fingerprint density at radius 2 is 1.73 bits per heavy atom. The topological polar surface area (TPSA) is 122 Å². The van der Waals surface area contributed by atoms with Crippen molar-refractivity contribution in [2.75, 3.05) is 16.7 Å². The van der Waals surface area contributed by atoms with Crippen LogP contribution in [-0.2, 0) is 32.8 Å². The van der Waals surface area contributed by atoms with E-state index >= 15 is 0 Å². The van der Waals surface area contributed by atoms with E-state index in [-0.39, 0.29) is 17.4 Å². The van der Waals surface area contributed by atoms with Crippen LogP contribution >= 0.6 is 0 Å². The Bertz CT molecular complexity index is 1890. The predicted octanol–water partition coefficient (Wildman–Crippen LogP) is 6.09. The minimum absolute atomic E-state index is 0.0521. The van der Waals surface area contributed by atoms with Gasteiger partial charge in [-0.05, 0) is 79.8 Å². The lowest BCUT2D eigenvalue weighted by Gasteiger charge is -2.35. The summed E-state index contributed by atoms with van der Waals surface area (Å²) in [7, 11) is -0.732. The first kappa shape index (κ1) is 31.9. The van der Waals surface area contributed by atoms with Gasteiger partial charge in [0.15, 0.2) is 0 Å². The number of imidazole rings is 1. The molecule has 1 aliphatic rings. The number of benzene rings is 3. The summed E-state index contributed by atoms with van der Waals surface area (Å²) in [4.78, 5) is 30.0. The molecule has 45 heavy (non-hydrogen) atoms. The number of carbonyl (C=O) groups is 2. The Balaban J connectivity index is 1.35. The van der Waals surface area contributed by atoms with Crippen LogP contribution in [0.2, 0.25) is 0 Å². The maximum atomic E-state index is 14.4. The van der Waals surface area contributed by atoms with Crippen molar-refractivity contribution in [1.82, 2.24) is 9.55 Å². The van der Waals surface area contributed by atoms with Gasteiger partial charge in [0.05, 0.1) is 44.7 Å². The van der Waals surface area contributed by atoms with Crippen molar-refractivity contribution in [3.63, 3.8) is 0 Å². The van der Waals surface area contributed by atoms with Gasteiger partial charge in [-0.15, -0.1) is 0 Å². The molecule has 0 saturated heterocycles. The van der Waals surface area contributed by atoms with E-state index in [4.69, 9.17) is 0 Å². The molecule has 0 spiro atoms. The number of alkyl halides is 3. The standard InChI is InChI=1S/C31H30F4N4O5S/c1-17-36-26-16-21(12-14-27(26)38(17)2)45(43,44)39(3)20-10-7-18(8-11-20)22-5-4-6-23(28(22)30(41)42)29(40)37-25-13-9-19(15-24(25)32)31(33,34)35/h7-16,22-23,28H,4-6H2,1-3H3,(H,37,40)(H,41,42)/t22-,23-,28-/m1/s1. The Hall–Kier alpha value is -4.46. The first-order valence-corrected chi connectivity index (χ1v) is 15.5. The number of aryl methyl sites for hydroxylation is 2. The number of amides is 1. The number of aliphatic carboxylic acids is 1. The summed E-state index contributed by atoms with van der Waals surface area (Å²) in [6.45, 7) is 1.82. The van der Waals surface area contributed by atoms with Gasteiger partial charge in [-0.1, -0.05) is 18.6 Å². The molecule has 0 bridgehead atoms. The molecule has 1 aromatic heterocycles. The number of aromatic nitrogens is 2. The van der Waals surface area contributed by atoms with Gasteiger partial charge in [0.1, 0.15) is 11.6 Å². The van der Waals surface area contributed by atoms with Crippen LogP contribution in [0, 0.1) is 24.6 Å². The van der Waals surface area contributed by atoms with E-state index in [0.717, 1.165) is 21.7 Å². The fourth-order valence-corrected chi connectivity index (χ4v) is 7.13. The van der Waals surface area contributed by atoms with Crippen molar-refractivity contribution in [3.8, 4) is 0 Å². The monoisotopic (exact) mass is 646 g/mol. The molecule has 1 fully saturated rings. The van der Waals surface area contributed by atoms with Gasteiger partial charge < -0.3 is 15.0 Å². The van der Waals surface area contributed by atoms with Crippen LogP contribution in [0.4, 0.5) is 28.9 Å². The molecule has 0 aliphatic heterocycles. The van der Waals surface area contributed by atoms with E-state index in [1.165, 1.54) is 19.2 Å². The molecule has 5 rings (SSSR count). The molecular formula is C31H30F4N4O5S. The quantitative estimate of drug-likeness (QED) is 0.235. The zero-order chi connectivity index (χ0) is 32.8. The molecular weight excluding hydrogens is 616 g/mol. The third kappa shape index (κ3) is 6.10. The van der Waals surface area contributed by atoms with Crippen molar-refractivity contribution in [2.45, 2.75) is 43.2 Å². The second-order valence-electron chi connectivity index (χ2n) is 11.1. The Morgan fingerprint density at radius 3 is 2.36 bits per heavy atom. The Kier molecular flexibility index (Phi) is 8.38. The zero-order valence-electron chi connectivity index (χ0n) is 24.5. The zero-order valence-corrected chi connectivity index (χ0v) is 25.3. The SMILES string of the molecule is Cc1nc2cc(S(=O)(=O)N(C)c3ccc([C@H]4CCC[C@@H](C(=O)Nc5ccc(C(F)(F)F)cc5F)[C@@H]4C(=O)O)cc3)ccc2n1C. The van der Waals surface area contributed by atoms with Gasteiger partial charge in [0.25, 0.3) is 10.0 Å². The van der Waals surface area contributed by atoms with Crippen LogP contribution in [0.1, 0.15) is 42.1 Å². The van der Waals surface area contributed by atoms with Gasteiger partial charge in [0.2, 0.25) is 5.91 Å². The van der Waals surface area contributed by atoms with Crippen molar-refractivity contribution in [2.24, 2.45) is 18.9 Å².